The fourth-order valence-electron chi connectivity index (χ4n) is 7.12. The Balaban J connectivity index is 1.43. The molecule has 8 nitrogen and oxygen atoms in total. The van der Waals surface area contributed by atoms with Gasteiger partial charge in [-0.1, -0.05) is 24.3 Å². The number of amides is 1. The number of halogens is 3. The van der Waals surface area contributed by atoms with Crippen LogP contribution in [0.5, 0.6) is 11.5 Å². The van der Waals surface area contributed by atoms with Gasteiger partial charge in [-0.2, -0.15) is 0 Å². The Morgan fingerprint density at radius 2 is 1.73 bits per heavy atom. The third-order valence-corrected chi connectivity index (χ3v) is 9.28. The molecule has 0 aromatic heterocycles. The van der Waals surface area contributed by atoms with Gasteiger partial charge < -0.3 is 19.1 Å². The Morgan fingerprint density at radius 3 is 2.42 bits per heavy atom. The summed E-state index contributed by atoms with van der Waals surface area (Å²) in [5.41, 5.74) is -0.246. The number of hydrogen-bond donors (Lipinski definition) is 0. The van der Waals surface area contributed by atoms with E-state index in [9.17, 15) is 27.6 Å². The van der Waals surface area contributed by atoms with E-state index in [0.717, 1.165) is 18.7 Å². The normalized spacial score (nSPS) is 25.3. The Kier molecular flexibility index (Phi) is 9.30. The summed E-state index contributed by atoms with van der Waals surface area (Å²) in [5, 5.41) is 0. The predicted molar refractivity (Wildman–Crippen MR) is 160 cm³/mol. The molecule has 5 rings (SSSR count). The standard InChI is InChI=1S/C34H39F3N2O6/c1-23(40)43-29-8-5-7-27(19-29)32-16-17-39(21-26-10-11-26)22-33(32,44-24(2)41)15-14-28(20-32)38(3)31(42)13-12-25-6-4-9-30(18-25)45-34(35,36)37/h4-9,12-13,18-19,26,28H,10-11,14-17,20-22H2,1-3H3/b13-12+. The van der Waals surface area contributed by atoms with Crippen molar-refractivity contribution >= 4 is 23.9 Å². The number of carbonyl (C=O) groups is 3. The zero-order valence-electron chi connectivity index (χ0n) is 25.8. The molecule has 1 amide bonds. The van der Waals surface area contributed by atoms with Crippen LogP contribution in [0.15, 0.2) is 54.6 Å². The summed E-state index contributed by atoms with van der Waals surface area (Å²) in [6.45, 7) is 5.08. The van der Waals surface area contributed by atoms with E-state index in [1.54, 1.807) is 24.1 Å². The van der Waals surface area contributed by atoms with Crippen molar-refractivity contribution in [3.63, 3.8) is 0 Å². The van der Waals surface area contributed by atoms with Gasteiger partial charge in [-0.15, -0.1) is 13.2 Å². The van der Waals surface area contributed by atoms with E-state index >= 15 is 0 Å². The minimum absolute atomic E-state index is 0.224. The molecule has 3 unspecified atom stereocenters. The largest absolute Gasteiger partial charge is 0.573 e. The zero-order valence-corrected chi connectivity index (χ0v) is 25.8. The fraction of sp³-hybridized carbons (Fsp3) is 0.500. The van der Waals surface area contributed by atoms with E-state index in [0.29, 0.717) is 49.5 Å². The Labute approximate surface area is 261 Å². The van der Waals surface area contributed by atoms with Crippen molar-refractivity contribution in [2.75, 3.05) is 26.7 Å². The first-order valence-electron chi connectivity index (χ1n) is 15.3. The van der Waals surface area contributed by atoms with Crippen molar-refractivity contribution in [2.24, 2.45) is 5.92 Å². The first kappa shape index (κ1) is 32.5. The number of piperidine rings is 1. The third-order valence-electron chi connectivity index (χ3n) is 9.28. The fourth-order valence-corrected chi connectivity index (χ4v) is 7.12. The van der Waals surface area contributed by atoms with Gasteiger partial charge in [0.15, 0.2) is 0 Å². The quantitative estimate of drug-likeness (QED) is 0.195. The lowest BCUT2D eigenvalue weighted by atomic mass is 9.55. The highest BCUT2D eigenvalue weighted by molar-refractivity contribution is 5.92. The Morgan fingerprint density at radius 1 is 1.00 bits per heavy atom. The van der Waals surface area contributed by atoms with Gasteiger partial charge in [-0.3, -0.25) is 19.3 Å². The van der Waals surface area contributed by atoms with E-state index in [1.807, 2.05) is 18.2 Å². The second-order valence-corrected chi connectivity index (χ2v) is 12.5. The number of likely N-dealkylation sites (N-methyl/N-ethyl adjacent to an activating group) is 1. The molecule has 2 saturated carbocycles. The van der Waals surface area contributed by atoms with Crippen molar-refractivity contribution in [1.82, 2.24) is 9.80 Å². The molecule has 0 spiro atoms. The summed E-state index contributed by atoms with van der Waals surface area (Å²) in [5.74, 6) is -0.428. The molecule has 0 bridgehead atoms. The lowest BCUT2D eigenvalue weighted by Gasteiger charge is -2.60. The monoisotopic (exact) mass is 628 g/mol. The van der Waals surface area contributed by atoms with Gasteiger partial charge in [0.05, 0.1) is 0 Å². The molecule has 3 aliphatic rings. The molecule has 45 heavy (non-hydrogen) atoms. The Bertz CT molecular complexity index is 1460. The third kappa shape index (κ3) is 7.69. The van der Waals surface area contributed by atoms with Crippen LogP contribution in [0.1, 0.15) is 63.5 Å². The van der Waals surface area contributed by atoms with Crippen LogP contribution in [0.2, 0.25) is 0 Å². The number of rotatable bonds is 9. The number of ether oxygens (including phenoxy) is 3. The lowest BCUT2D eigenvalue weighted by molar-refractivity contribution is -0.274. The Hall–Kier alpha value is -3.86. The van der Waals surface area contributed by atoms with Gasteiger partial charge in [0, 0.05) is 51.5 Å². The van der Waals surface area contributed by atoms with Gasteiger partial charge in [0.25, 0.3) is 0 Å². The van der Waals surface area contributed by atoms with Gasteiger partial charge in [0.2, 0.25) is 5.91 Å². The molecule has 0 N–H and O–H groups in total. The second kappa shape index (κ2) is 12.9. The molecule has 1 heterocycles. The average molecular weight is 629 g/mol. The molecular weight excluding hydrogens is 589 g/mol. The summed E-state index contributed by atoms with van der Waals surface area (Å²) in [4.78, 5) is 41.9. The van der Waals surface area contributed by atoms with Crippen molar-refractivity contribution < 1.29 is 41.8 Å². The molecule has 2 aromatic rings. The summed E-state index contributed by atoms with van der Waals surface area (Å²) in [6, 6.07) is 12.6. The van der Waals surface area contributed by atoms with Crippen molar-refractivity contribution in [1.29, 1.82) is 0 Å². The average Bonchev–Trinajstić information content (AvgIpc) is 3.78. The molecule has 0 radical (unpaired) electrons. The topological polar surface area (TPSA) is 85.4 Å². The van der Waals surface area contributed by atoms with E-state index < -0.39 is 23.3 Å². The molecule has 1 aliphatic heterocycles. The number of nitrogens with zero attached hydrogens (tertiary/aromatic N) is 2. The molecule has 3 fully saturated rings. The van der Waals surface area contributed by atoms with Crippen LogP contribution < -0.4 is 9.47 Å². The maximum Gasteiger partial charge on any atom is 0.573 e. The number of benzene rings is 2. The van der Waals surface area contributed by atoms with E-state index in [2.05, 4.69) is 9.64 Å². The molecular formula is C34H39F3N2O6. The van der Waals surface area contributed by atoms with E-state index in [-0.39, 0.29) is 23.7 Å². The zero-order chi connectivity index (χ0) is 32.4. The number of likely N-dealkylation sites (tertiary alicyclic amines) is 1. The van der Waals surface area contributed by atoms with Crippen LogP contribution in [-0.2, 0) is 24.5 Å². The molecule has 1 saturated heterocycles. The molecule has 2 aromatic carbocycles. The van der Waals surface area contributed by atoms with Crippen molar-refractivity contribution in [2.45, 2.75) is 75.8 Å². The first-order valence-corrected chi connectivity index (χ1v) is 15.3. The van der Waals surface area contributed by atoms with Crippen LogP contribution in [0, 0.1) is 5.92 Å². The minimum Gasteiger partial charge on any atom is -0.457 e. The van der Waals surface area contributed by atoms with Crippen LogP contribution in [-0.4, -0.2) is 72.3 Å². The van der Waals surface area contributed by atoms with Crippen molar-refractivity contribution in [3.05, 3.63) is 65.7 Å². The van der Waals surface area contributed by atoms with E-state index in [1.165, 1.54) is 57.0 Å². The first-order chi connectivity index (χ1) is 21.3. The molecule has 2 aliphatic carbocycles. The van der Waals surface area contributed by atoms with Gasteiger partial charge >= 0.3 is 18.3 Å². The van der Waals surface area contributed by atoms with Gasteiger partial charge in [0.1, 0.15) is 17.1 Å². The van der Waals surface area contributed by atoms with Crippen LogP contribution in [0.3, 0.4) is 0 Å². The predicted octanol–water partition coefficient (Wildman–Crippen LogP) is 5.89. The number of fused-ring (bicyclic) bond motifs is 1. The molecule has 11 heteroatoms. The number of carbonyl (C=O) groups excluding carboxylic acids is 3. The van der Waals surface area contributed by atoms with Gasteiger partial charge in [-0.25, -0.2) is 0 Å². The number of alkyl halides is 3. The highest BCUT2D eigenvalue weighted by Crippen LogP contribution is 2.55. The van der Waals surface area contributed by atoms with Crippen LogP contribution >= 0.6 is 0 Å². The van der Waals surface area contributed by atoms with Crippen molar-refractivity contribution in [3.8, 4) is 11.5 Å². The minimum atomic E-state index is -4.82. The molecule has 242 valence electrons. The maximum absolute atomic E-state index is 13.4. The summed E-state index contributed by atoms with van der Waals surface area (Å²) < 4.78 is 53.8. The maximum atomic E-state index is 13.4. The number of esters is 2. The van der Waals surface area contributed by atoms with E-state index in [4.69, 9.17) is 9.47 Å². The number of hydrogen-bond acceptors (Lipinski definition) is 7. The lowest BCUT2D eigenvalue weighted by Crippen LogP contribution is -2.68. The van der Waals surface area contributed by atoms with Crippen LogP contribution in [0.25, 0.3) is 6.08 Å². The second-order valence-electron chi connectivity index (χ2n) is 12.5. The summed E-state index contributed by atoms with van der Waals surface area (Å²) in [6.07, 6.45) is 2.68. The summed E-state index contributed by atoms with van der Waals surface area (Å²) >= 11 is 0. The SMILES string of the molecule is CC(=O)Oc1cccc(C23CCN(CC4CC4)CC2(OC(C)=O)CCC(N(C)C(=O)/C=C/c2cccc(OC(F)(F)F)c2)C3)c1. The summed E-state index contributed by atoms with van der Waals surface area (Å²) in [7, 11) is 1.71. The van der Waals surface area contributed by atoms with Crippen LogP contribution in [0.4, 0.5) is 13.2 Å². The van der Waals surface area contributed by atoms with Gasteiger partial charge in [-0.05, 0) is 92.5 Å². The smallest absolute Gasteiger partial charge is 0.457 e. The highest BCUT2D eigenvalue weighted by atomic mass is 19.4. The highest BCUT2D eigenvalue weighted by Gasteiger charge is 2.61. The molecule has 3 atom stereocenters.